The van der Waals surface area contributed by atoms with Crippen molar-refractivity contribution in [2.45, 2.75) is 13.3 Å². The average molecular weight is 175 g/mol. The summed E-state index contributed by atoms with van der Waals surface area (Å²) < 4.78 is 0. The van der Waals surface area contributed by atoms with E-state index in [0.717, 1.165) is 17.1 Å². The van der Waals surface area contributed by atoms with Gasteiger partial charge >= 0.3 is 0 Å². The van der Waals surface area contributed by atoms with Gasteiger partial charge in [0.1, 0.15) is 5.82 Å². The van der Waals surface area contributed by atoms with Gasteiger partial charge in [-0.05, 0) is 18.6 Å². The molecule has 0 aromatic carbocycles. The van der Waals surface area contributed by atoms with Crippen molar-refractivity contribution in [2.24, 2.45) is 0 Å². The van der Waals surface area contributed by atoms with Gasteiger partial charge in [0.25, 0.3) is 0 Å². The van der Waals surface area contributed by atoms with E-state index < -0.39 is 0 Å². The van der Waals surface area contributed by atoms with Crippen LogP contribution >= 0.6 is 0 Å². The molecule has 0 aliphatic carbocycles. The van der Waals surface area contributed by atoms with Crippen LogP contribution in [0, 0.1) is 18.3 Å². The highest BCUT2D eigenvalue weighted by atomic mass is 15.1. The molecule has 13 heavy (non-hydrogen) atoms. The van der Waals surface area contributed by atoms with Gasteiger partial charge in [-0.2, -0.15) is 5.26 Å². The minimum atomic E-state index is 0.437. The molecule has 68 valence electrons. The van der Waals surface area contributed by atoms with E-state index in [4.69, 9.17) is 5.26 Å². The number of rotatable bonds is 2. The molecule has 0 unspecified atom stereocenters. The average Bonchev–Trinajstić information content (AvgIpc) is 2.08. The summed E-state index contributed by atoms with van der Waals surface area (Å²) >= 11 is 0. The lowest BCUT2D eigenvalue weighted by Gasteiger charge is -2.12. The van der Waals surface area contributed by atoms with Crippen LogP contribution in [0.25, 0.3) is 0 Å². The molecule has 0 radical (unpaired) electrons. The summed E-state index contributed by atoms with van der Waals surface area (Å²) in [4.78, 5) is 6.31. The Labute approximate surface area is 78.6 Å². The Morgan fingerprint density at radius 2 is 2.15 bits per heavy atom. The van der Waals surface area contributed by atoms with E-state index in [-0.39, 0.29) is 0 Å². The third-order valence-corrected chi connectivity index (χ3v) is 1.91. The van der Waals surface area contributed by atoms with Crippen LogP contribution in [0.4, 0.5) is 5.82 Å². The highest BCUT2D eigenvalue weighted by Gasteiger charge is 2.01. The Hall–Kier alpha value is -1.56. The second kappa shape index (κ2) is 3.90. The fourth-order valence-electron chi connectivity index (χ4n) is 1.10. The van der Waals surface area contributed by atoms with Gasteiger partial charge in [-0.25, -0.2) is 4.98 Å². The molecule has 1 aromatic rings. The maximum absolute atomic E-state index is 8.53. The van der Waals surface area contributed by atoms with Gasteiger partial charge in [0, 0.05) is 19.8 Å². The van der Waals surface area contributed by atoms with Crippen LogP contribution in [0.2, 0.25) is 0 Å². The summed E-state index contributed by atoms with van der Waals surface area (Å²) in [5, 5.41) is 8.53. The Morgan fingerprint density at radius 1 is 1.46 bits per heavy atom. The van der Waals surface area contributed by atoms with Gasteiger partial charge in [0.05, 0.1) is 12.5 Å². The summed E-state index contributed by atoms with van der Waals surface area (Å²) in [6, 6.07) is 6.01. The smallest absolute Gasteiger partial charge is 0.128 e. The van der Waals surface area contributed by atoms with Crippen LogP contribution in [-0.2, 0) is 6.42 Å². The molecule has 1 rings (SSSR count). The minimum absolute atomic E-state index is 0.437. The first kappa shape index (κ1) is 9.53. The quantitative estimate of drug-likeness (QED) is 0.684. The van der Waals surface area contributed by atoms with Crippen molar-refractivity contribution in [1.29, 1.82) is 5.26 Å². The van der Waals surface area contributed by atoms with Gasteiger partial charge in [0.2, 0.25) is 0 Å². The highest BCUT2D eigenvalue weighted by Crippen LogP contribution is 2.12. The van der Waals surface area contributed by atoms with Crippen molar-refractivity contribution in [3.05, 3.63) is 23.4 Å². The number of aryl methyl sites for hydroxylation is 1. The maximum Gasteiger partial charge on any atom is 0.128 e. The second-order valence-corrected chi connectivity index (χ2v) is 3.14. The minimum Gasteiger partial charge on any atom is -0.363 e. The fourth-order valence-corrected chi connectivity index (χ4v) is 1.10. The first-order valence-corrected chi connectivity index (χ1v) is 4.16. The Kier molecular flexibility index (Phi) is 2.86. The van der Waals surface area contributed by atoms with Crippen molar-refractivity contribution in [3.63, 3.8) is 0 Å². The summed E-state index contributed by atoms with van der Waals surface area (Å²) in [5.74, 6) is 0.930. The van der Waals surface area contributed by atoms with Gasteiger partial charge in [0.15, 0.2) is 0 Å². The molecule has 3 nitrogen and oxygen atoms in total. The molecular weight excluding hydrogens is 162 g/mol. The predicted molar refractivity (Wildman–Crippen MR) is 52.6 cm³/mol. The number of hydrogen-bond acceptors (Lipinski definition) is 3. The topological polar surface area (TPSA) is 39.9 Å². The number of nitrogens with zero attached hydrogens (tertiary/aromatic N) is 3. The van der Waals surface area contributed by atoms with Crippen LogP contribution in [-0.4, -0.2) is 19.1 Å². The Morgan fingerprint density at radius 3 is 2.62 bits per heavy atom. The van der Waals surface area contributed by atoms with Crippen molar-refractivity contribution >= 4 is 5.82 Å². The third kappa shape index (κ3) is 2.19. The van der Waals surface area contributed by atoms with E-state index in [2.05, 4.69) is 11.1 Å². The van der Waals surface area contributed by atoms with Gasteiger partial charge in [-0.3, -0.25) is 0 Å². The second-order valence-electron chi connectivity index (χ2n) is 3.14. The maximum atomic E-state index is 8.53. The van der Waals surface area contributed by atoms with Crippen LogP contribution in [0.3, 0.4) is 0 Å². The molecule has 0 N–H and O–H groups in total. The highest BCUT2D eigenvalue weighted by molar-refractivity contribution is 5.40. The summed E-state index contributed by atoms with van der Waals surface area (Å²) in [7, 11) is 3.90. The van der Waals surface area contributed by atoms with Crippen molar-refractivity contribution in [3.8, 4) is 6.07 Å². The zero-order valence-electron chi connectivity index (χ0n) is 8.20. The predicted octanol–water partition coefficient (Wildman–Crippen LogP) is 1.52. The lowest BCUT2D eigenvalue weighted by atomic mass is 10.1. The largest absolute Gasteiger partial charge is 0.363 e. The van der Waals surface area contributed by atoms with Crippen LogP contribution < -0.4 is 4.90 Å². The molecule has 0 saturated carbocycles. The number of hydrogen-bond donors (Lipinski definition) is 0. The van der Waals surface area contributed by atoms with E-state index in [1.807, 2.05) is 38.1 Å². The van der Waals surface area contributed by atoms with Gasteiger partial charge in [-0.15, -0.1) is 0 Å². The number of nitriles is 1. The molecule has 0 fully saturated rings. The summed E-state index contributed by atoms with van der Waals surface area (Å²) in [6.45, 7) is 1.93. The fraction of sp³-hybridized carbons (Fsp3) is 0.400. The Bertz CT molecular complexity index is 337. The summed E-state index contributed by atoms with van der Waals surface area (Å²) in [6.07, 6.45) is 0.437. The Balaban J connectivity index is 3.00. The van der Waals surface area contributed by atoms with Crippen molar-refractivity contribution in [2.75, 3.05) is 19.0 Å². The first-order chi connectivity index (χ1) is 6.15. The standard InChI is InChI=1S/C10H13N3/c1-8-9(6-7-11)4-5-10(12-8)13(2)3/h4-5H,6H2,1-3H3. The van der Waals surface area contributed by atoms with Crippen molar-refractivity contribution < 1.29 is 0 Å². The van der Waals surface area contributed by atoms with Crippen molar-refractivity contribution in [1.82, 2.24) is 4.98 Å². The monoisotopic (exact) mass is 175 g/mol. The normalized spacial score (nSPS) is 9.38. The molecule has 0 aliphatic rings. The van der Waals surface area contributed by atoms with Crippen LogP contribution in [0.1, 0.15) is 11.3 Å². The molecule has 1 aromatic heterocycles. The van der Waals surface area contributed by atoms with E-state index in [1.165, 1.54) is 0 Å². The van der Waals surface area contributed by atoms with E-state index in [0.29, 0.717) is 6.42 Å². The lowest BCUT2D eigenvalue weighted by Crippen LogP contribution is -2.11. The molecule has 1 heterocycles. The zero-order chi connectivity index (χ0) is 9.84. The molecule has 3 heteroatoms. The molecule has 0 atom stereocenters. The van der Waals surface area contributed by atoms with Gasteiger partial charge < -0.3 is 4.90 Å². The lowest BCUT2D eigenvalue weighted by molar-refractivity contribution is 1.02. The van der Waals surface area contributed by atoms with Gasteiger partial charge in [-0.1, -0.05) is 6.07 Å². The zero-order valence-corrected chi connectivity index (χ0v) is 8.20. The van der Waals surface area contributed by atoms with E-state index in [1.54, 1.807) is 0 Å². The summed E-state index contributed by atoms with van der Waals surface area (Å²) in [5.41, 5.74) is 1.95. The van der Waals surface area contributed by atoms with E-state index in [9.17, 15) is 0 Å². The molecule has 0 aliphatic heterocycles. The molecule has 0 amide bonds. The molecular formula is C10H13N3. The van der Waals surface area contributed by atoms with E-state index >= 15 is 0 Å². The van der Waals surface area contributed by atoms with Crippen LogP contribution in [0.5, 0.6) is 0 Å². The third-order valence-electron chi connectivity index (χ3n) is 1.91. The molecule has 0 bridgehead atoms. The number of pyridine rings is 1. The van der Waals surface area contributed by atoms with Crippen LogP contribution in [0.15, 0.2) is 12.1 Å². The molecule has 0 spiro atoms. The number of anilines is 1. The first-order valence-electron chi connectivity index (χ1n) is 4.16. The molecule has 0 saturated heterocycles. The number of aromatic nitrogens is 1. The SMILES string of the molecule is Cc1nc(N(C)C)ccc1CC#N.